The Labute approximate surface area is 91.3 Å². The van der Waals surface area contributed by atoms with Crippen molar-refractivity contribution in [2.75, 3.05) is 0 Å². The molecular formula is C11H11FN2O2. The SMILES string of the molecule is CC(C(=O)O)c1c2c(F)cccc2nn1C. The Morgan fingerprint density at radius 1 is 1.56 bits per heavy atom. The molecule has 0 saturated heterocycles. The lowest BCUT2D eigenvalue weighted by Gasteiger charge is -2.07. The Morgan fingerprint density at radius 3 is 2.88 bits per heavy atom. The van der Waals surface area contributed by atoms with Crippen molar-refractivity contribution < 1.29 is 14.3 Å². The summed E-state index contributed by atoms with van der Waals surface area (Å²) in [6.07, 6.45) is 0. The molecule has 0 bridgehead atoms. The summed E-state index contributed by atoms with van der Waals surface area (Å²) in [6, 6.07) is 4.53. The first-order valence-corrected chi connectivity index (χ1v) is 4.86. The maximum Gasteiger partial charge on any atom is 0.312 e. The van der Waals surface area contributed by atoms with Crippen LogP contribution in [0.5, 0.6) is 0 Å². The van der Waals surface area contributed by atoms with Gasteiger partial charge < -0.3 is 5.11 Å². The molecule has 1 aromatic carbocycles. The highest BCUT2D eigenvalue weighted by Gasteiger charge is 2.23. The van der Waals surface area contributed by atoms with E-state index in [1.165, 1.54) is 17.7 Å². The minimum absolute atomic E-state index is 0.292. The average molecular weight is 222 g/mol. The Kier molecular flexibility index (Phi) is 2.38. The number of carboxylic acids is 1. The van der Waals surface area contributed by atoms with E-state index in [0.717, 1.165) is 0 Å². The van der Waals surface area contributed by atoms with Crippen LogP contribution in [-0.4, -0.2) is 20.9 Å². The van der Waals surface area contributed by atoms with Gasteiger partial charge in [0.25, 0.3) is 0 Å². The van der Waals surface area contributed by atoms with Crippen molar-refractivity contribution in [1.82, 2.24) is 9.78 Å². The molecule has 1 atom stereocenters. The largest absolute Gasteiger partial charge is 0.481 e. The van der Waals surface area contributed by atoms with Gasteiger partial charge in [0.2, 0.25) is 0 Å². The number of aromatic nitrogens is 2. The Hall–Kier alpha value is -1.91. The molecule has 0 amide bonds. The van der Waals surface area contributed by atoms with Crippen LogP contribution >= 0.6 is 0 Å². The fourth-order valence-corrected chi connectivity index (χ4v) is 1.84. The van der Waals surface area contributed by atoms with Crippen LogP contribution in [0.1, 0.15) is 18.5 Å². The van der Waals surface area contributed by atoms with Crippen molar-refractivity contribution in [3.8, 4) is 0 Å². The predicted molar refractivity (Wildman–Crippen MR) is 56.7 cm³/mol. The molecule has 0 spiro atoms. The number of halogens is 1. The number of hydrogen-bond donors (Lipinski definition) is 1. The molecule has 84 valence electrons. The zero-order chi connectivity index (χ0) is 11.9. The quantitative estimate of drug-likeness (QED) is 0.844. The van der Waals surface area contributed by atoms with Gasteiger partial charge >= 0.3 is 5.97 Å². The summed E-state index contributed by atoms with van der Waals surface area (Å²) in [7, 11) is 1.62. The molecule has 0 saturated carbocycles. The number of aliphatic carboxylic acids is 1. The van der Waals surface area contributed by atoms with E-state index in [0.29, 0.717) is 16.6 Å². The first kappa shape index (κ1) is 10.6. The second kappa shape index (κ2) is 3.59. The van der Waals surface area contributed by atoms with E-state index in [9.17, 15) is 9.18 Å². The maximum atomic E-state index is 13.6. The number of hydrogen-bond acceptors (Lipinski definition) is 2. The second-order valence-corrected chi connectivity index (χ2v) is 3.70. The van der Waals surface area contributed by atoms with Crippen LogP contribution in [0, 0.1) is 5.82 Å². The Balaban J connectivity index is 2.77. The topological polar surface area (TPSA) is 55.1 Å². The molecule has 2 rings (SSSR count). The van der Waals surface area contributed by atoms with E-state index in [1.807, 2.05) is 0 Å². The van der Waals surface area contributed by atoms with Gasteiger partial charge in [-0.2, -0.15) is 5.10 Å². The van der Waals surface area contributed by atoms with Gasteiger partial charge in [0.05, 0.1) is 22.5 Å². The van der Waals surface area contributed by atoms with E-state index in [-0.39, 0.29) is 0 Å². The molecule has 5 heteroatoms. The van der Waals surface area contributed by atoms with E-state index in [4.69, 9.17) is 5.11 Å². The van der Waals surface area contributed by atoms with Gasteiger partial charge in [0.15, 0.2) is 0 Å². The molecule has 1 unspecified atom stereocenters. The number of aryl methyl sites for hydroxylation is 1. The van der Waals surface area contributed by atoms with Gasteiger partial charge in [-0.25, -0.2) is 4.39 Å². The lowest BCUT2D eigenvalue weighted by atomic mass is 10.0. The number of nitrogens with zero attached hydrogens (tertiary/aromatic N) is 2. The van der Waals surface area contributed by atoms with E-state index >= 15 is 0 Å². The fraction of sp³-hybridized carbons (Fsp3) is 0.273. The van der Waals surface area contributed by atoms with Crippen LogP contribution < -0.4 is 0 Å². The highest BCUT2D eigenvalue weighted by molar-refractivity contribution is 5.88. The summed E-state index contributed by atoms with van der Waals surface area (Å²) in [6.45, 7) is 1.52. The fourth-order valence-electron chi connectivity index (χ4n) is 1.84. The second-order valence-electron chi connectivity index (χ2n) is 3.70. The summed E-state index contributed by atoms with van der Waals surface area (Å²) in [5.74, 6) is -2.21. The molecular weight excluding hydrogens is 211 g/mol. The van der Waals surface area contributed by atoms with Crippen LogP contribution in [0.4, 0.5) is 4.39 Å². The lowest BCUT2D eigenvalue weighted by molar-refractivity contribution is -0.138. The van der Waals surface area contributed by atoms with Crippen molar-refractivity contribution in [3.63, 3.8) is 0 Å². The summed E-state index contributed by atoms with van der Waals surface area (Å²) in [4.78, 5) is 10.9. The van der Waals surface area contributed by atoms with Crippen LogP contribution in [0.2, 0.25) is 0 Å². The standard InChI is InChI=1S/C11H11FN2O2/c1-6(11(15)16)10-9-7(12)4-3-5-8(9)13-14(10)2/h3-6H,1-2H3,(H,15,16). The molecule has 4 nitrogen and oxygen atoms in total. The highest BCUT2D eigenvalue weighted by Crippen LogP contribution is 2.27. The summed E-state index contributed by atoms with van der Waals surface area (Å²) < 4.78 is 15.1. The highest BCUT2D eigenvalue weighted by atomic mass is 19.1. The number of benzene rings is 1. The molecule has 2 aromatic rings. The molecule has 0 aliphatic rings. The summed E-state index contributed by atoms with van der Waals surface area (Å²) in [5.41, 5.74) is 0.867. The van der Waals surface area contributed by atoms with Crippen molar-refractivity contribution in [3.05, 3.63) is 29.7 Å². The molecule has 0 aliphatic heterocycles. The molecule has 1 aromatic heterocycles. The smallest absolute Gasteiger partial charge is 0.312 e. The molecule has 0 aliphatic carbocycles. The molecule has 1 heterocycles. The van der Waals surface area contributed by atoms with E-state index in [1.54, 1.807) is 19.2 Å². The van der Waals surface area contributed by atoms with Crippen LogP contribution in [-0.2, 0) is 11.8 Å². The Bertz CT molecular complexity index is 562. The van der Waals surface area contributed by atoms with Gasteiger partial charge in [-0.3, -0.25) is 9.48 Å². The molecule has 1 N–H and O–H groups in total. The number of carbonyl (C=O) groups is 1. The monoisotopic (exact) mass is 222 g/mol. The van der Waals surface area contributed by atoms with Gasteiger partial charge in [0, 0.05) is 7.05 Å². The minimum atomic E-state index is -0.992. The number of rotatable bonds is 2. The van der Waals surface area contributed by atoms with E-state index < -0.39 is 17.7 Å². The van der Waals surface area contributed by atoms with Crippen LogP contribution in [0.25, 0.3) is 10.9 Å². The van der Waals surface area contributed by atoms with E-state index in [2.05, 4.69) is 5.10 Å². The number of carboxylic acid groups (broad SMARTS) is 1. The molecule has 0 radical (unpaired) electrons. The zero-order valence-electron chi connectivity index (χ0n) is 8.94. The predicted octanol–water partition coefficient (Wildman–Crippen LogP) is 1.90. The van der Waals surface area contributed by atoms with Crippen LogP contribution in [0.3, 0.4) is 0 Å². The van der Waals surface area contributed by atoms with Crippen molar-refractivity contribution in [1.29, 1.82) is 0 Å². The van der Waals surface area contributed by atoms with Gasteiger partial charge in [-0.05, 0) is 19.1 Å². The van der Waals surface area contributed by atoms with Crippen molar-refractivity contribution >= 4 is 16.9 Å². The lowest BCUT2D eigenvalue weighted by Crippen LogP contribution is -2.12. The summed E-state index contributed by atoms with van der Waals surface area (Å²) in [5, 5.41) is 13.3. The number of fused-ring (bicyclic) bond motifs is 1. The van der Waals surface area contributed by atoms with Gasteiger partial charge in [-0.1, -0.05) is 6.07 Å². The normalized spacial score (nSPS) is 12.9. The third-order valence-corrected chi connectivity index (χ3v) is 2.63. The first-order chi connectivity index (χ1) is 7.52. The average Bonchev–Trinajstić information content (AvgIpc) is 2.54. The Morgan fingerprint density at radius 2 is 2.25 bits per heavy atom. The molecule has 0 fully saturated rings. The van der Waals surface area contributed by atoms with Crippen molar-refractivity contribution in [2.24, 2.45) is 7.05 Å². The maximum absolute atomic E-state index is 13.6. The third kappa shape index (κ3) is 1.44. The minimum Gasteiger partial charge on any atom is -0.481 e. The first-order valence-electron chi connectivity index (χ1n) is 4.86. The van der Waals surface area contributed by atoms with Crippen molar-refractivity contribution in [2.45, 2.75) is 12.8 Å². The summed E-state index contributed by atoms with van der Waals surface area (Å²) >= 11 is 0. The van der Waals surface area contributed by atoms with Crippen LogP contribution in [0.15, 0.2) is 18.2 Å². The van der Waals surface area contributed by atoms with Gasteiger partial charge in [-0.15, -0.1) is 0 Å². The zero-order valence-corrected chi connectivity index (χ0v) is 8.94. The molecule has 16 heavy (non-hydrogen) atoms. The van der Waals surface area contributed by atoms with Gasteiger partial charge in [0.1, 0.15) is 5.82 Å². The third-order valence-electron chi connectivity index (χ3n) is 2.63.